The number of imidazole rings is 1. The molecule has 1 N–H and O–H groups in total. The van der Waals surface area contributed by atoms with Crippen molar-refractivity contribution in [2.24, 2.45) is 7.05 Å². The number of nitrogens with one attached hydrogen (secondary N) is 1. The highest BCUT2D eigenvalue weighted by Crippen LogP contribution is 2.33. The Morgan fingerprint density at radius 3 is 3.04 bits per heavy atom. The molecule has 1 unspecified atom stereocenters. The highest BCUT2D eigenvalue weighted by atomic mass is 16.7. The quantitative estimate of drug-likeness (QED) is 0.874. The van der Waals surface area contributed by atoms with Gasteiger partial charge in [0.2, 0.25) is 6.79 Å². The van der Waals surface area contributed by atoms with Gasteiger partial charge in [0.25, 0.3) is 0 Å². The summed E-state index contributed by atoms with van der Waals surface area (Å²) in [6.07, 6.45) is 6.92. The van der Waals surface area contributed by atoms with Crippen molar-refractivity contribution in [3.05, 3.63) is 42.0 Å². The van der Waals surface area contributed by atoms with Gasteiger partial charge in [0.1, 0.15) is 11.9 Å². The molecule has 2 aromatic rings. The highest BCUT2D eigenvalue weighted by molar-refractivity contribution is 5.44. The van der Waals surface area contributed by atoms with E-state index in [4.69, 9.17) is 14.2 Å². The number of nitrogens with zero attached hydrogens (tertiary/aromatic N) is 2. The molecule has 0 bridgehead atoms. The van der Waals surface area contributed by atoms with Crippen LogP contribution in [0.25, 0.3) is 0 Å². The van der Waals surface area contributed by atoms with Crippen LogP contribution in [0.5, 0.6) is 11.5 Å². The predicted molar refractivity (Wildman–Crippen MR) is 93.8 cm³/mol. The van der Waals surface area contributed by atoms with E-state index in [9.17, 15) is 0 Å². The molecule has 25 heavy (non-hydrogen) atoms. The molecule has 1 saturated heterocycles. The number of rotatable bonds is 6. The summed E-state index contributed by atoms with van der Waals surface area (Å²) in [5.41, 5.74) is 1.28. The number of aryl methyl sites for hydroxylation is 2. The van der Waals surface area contributed by atoms with Gasteiger partial charge in [-0.15, -0.1) is 0 Å². The second-order valence-corrected chi connectivity index (χ2v) is 6.88. The van der Waals surface area contributed by atoms with E-state index in [-0.39, 0.29) is 6.10 Å². The van der Waals surface area contributed by atoms with E-state index in [0.717, 1.165) is 43.2 Å². The standard InChI is InChI=1S/C19H25N3O3/c1-13(3-4-14-5-6-16-17(11-14)25-12-24-16)21-15-7-10-23-18(15)19-20-8-9-22(19)2/h5-6,8-9,11,13,15,18,21H,3-4,7,10,12H2,1-2H3/t13?,15-,18-/m0/s1. The molecule has 6 nitrogen and oxygen atoms in total. The van der Waals surface area contributed by atoms with E-state index in [0.29, 0.717) is 18.9 Å². The molecule has 134 valence electrons. The first-order chi connectivity index (χ1) is 12.2. The summed E-state index contributed by atoms with van der Waals surface area (Å²) in [5, 5.41) is 3.73. The Morgan fingerprint density at radius 2 is 2.20 bits per heavy atom. The van der Waals surface area contributed by atoms with Crippen LogP contribution in [0.4, 0.5) is 0 Å². The van der Waals surface area contributed by atoms with Crippen LogP contribution < -0.4 is 14.8 Å². The summed E-state index contributed by atoms with van der Waals surface area (Å²) in [6, 6.07) is 6.92. The van der Waals surface area contributed by atoms with E-state index < -0.39 is 0 Å². The molecule has 1 aromatic carbocycles. The average Bonchev–Trinajstić information content (AvgIpc) is 3.33. The van der Waals surface area contributed by atoms with Crippen LogP contribution in [0, 0.1) is 0 Å². The number of aromatic nitrogens is 2. The van der Waals surface area contributed by atoms with Gasteiger partial charge in [0.05, 0.1) is 0 Å². The molecule has 3 atom stereocenters. The van der Waals surface area contributed by atoms with Gasteiger partial charge in [-0.25, -0.2) is 4.98 Å². The second-order valence-electron chi connectivity index (χ2n) is 6.88. The summed E-state index contributed by atoms with van der Waals surface area (Å²) < 4.78 is 18.8. The zero-order valence-corrected chi connectivity index (χ0v) is 14.8. The summed E-state index contributed by atoms with van der Waals surface area (Å²) in [7, 11) is 2.02. The van der Waals surface area contributed by atoms with Crippen LogP contribution in [0.15, 0.2) is 30.6 Å². The molecule has 1 fully saturated rings. The maximum absolute atomic E-state index is 5.93. The molecular weight excluding hydrogens is 318 g/mol. The molecule has 3 heterocycles. The number of ether oxygens (including phenoxy) is 3. The van der Waals surface area contributed by atoms with E-state index in [1.807, 2.05) is 30.1 Å². The summed E-state index contributed by atoms with van der Waals surface area (Å²) >= 11 is 0. The number of benzene rings is 1. The third kappa shape index (κ3) is 3.50. The maximum Gasteiger partial charge on any atom is 0.231 e. The lowest BCUT2D eigenvalue weighted by atomic mass is 10.0. The average molecular weight is 343 g/mol. The summed E-state index contributed by atoms with van der Waals surface area (Å²) in [6.45, 7) is 3.35. The van der Waals surface area contributed by atoms with Crippen LogP contribution >= 0.6 is 0 Å². The fraction of sp³-hybridized carbons (Fsp3) is 0.526. The van der Waals surface area contributed by atoms with Crippen molar-refractivity contribution in [2.75, 3.05) is 13.4 Å². The van der Waals surface area contributed by atoms with Crippen LogP contribution in [0.3, 0.4) is 0 Å². The van der Waals surface area contributed by atoms with Crippen molar-refractivity contribution in [1.82, 2.24) is 14.9 Å². The molecule has 2 aliphatic rings. The highest BCUT2D eigenvalue weighted by Gasteiger charge is 2.32. The van der Waals surface area contributed by atoms with Crippen molar-refractivity contribution in [3.8, 4) is 11.5 Å². The zero-order chi connectivity index (χ0) is 17.2. The molecule has 2 aliphatic heterocycles. The molecule has 0 radical (unpaired) electrons. The monoisotopic (exact) mass is 343 g/mol. The summed E-state index contributed by atoms with van der Waals surface area (Å²) in [5.74, 6) is 2.70. The van der Waals surface area contributed by atoms with Gasteiger partial charge in [0.15, 0.2) is 11.5 Å². The van der Waals surface area contributed by atoms with Gasteiger partial charge in [-0.2, -0.15) is 0 Å². The van der Waals surface area contributed by atoms with Gasteiger partial charge < -0.3 is 24.1 Å². The fourth-order valence-electron chi connectivity index (χ4n) is 3.59. The topological polar surface area (TPSA) is 57.5 Å². The summed E-state index contributed by atoms with van der Waals surface area (Å²) in [4.78, 5) is 4.45. The Hall–Kier alpha value is -2.05. The van der Waals surface area contributed by atoms with Gasteiger partial charge >= 0.3 is 0 Å². The van der Waals surface area contributed by atoms with Crippen LogP contribution in [-0.4, -0.2) is 35.0 Å². The Kier molecular flexibility index (Phi) is 4.63. The molecular formula is C19H25N3O3. The fourth-order valence-corrected chi connectivity index (χ4v) is 3.59. The Morgan fingerprint density at radius 1 is 1.32 bits per heavy atom. The van der Waals surface area contributed by atoms with Crippen molar-refractivity contribution in [1.29, 1.82) is 0 Å². The van der Waals surface area contributed by atoms with E-state index >= 15 is 0 Å². The lowest BCUT2D eigenvalue weighted by Crippen LogP contribution is -2.39. The molecule has 1 aromatic heterocycles. The minimum Gasteiger partial charge on any atom is -0.454 e. The lowest BCUT2D eigenvalue weighted by molar-refractivity contribution is 0.0874. The first-order valence-electron chi connectivity index (χ1n) is 8.94. The number of hydrogen-bond donors (Lipinski definition) is 1. The Labute approximate surface area is 148 Å². The first-order valence-corrected chi connectivity index (χ1v) is 8.94. The Bertz CT molecular complexity index is 730. The minimum absolute atomic E-state index is 0.0352. The van der Waals surface area contributed by atoms with Crippen LogP contribution in [0.1, 0.15) is 37.3 Å². The number of fused-ring (bicyclic) bond motifs is 1. The van der Waals surface area contributed by atoms with Crippen molar-refractivity contribution in [2.45, 2.75) is 44.4 Å². The smallest absolute Gasteiger partial charge is 0.231 e. The van der Waals surface area contributed by atoms with Crippen molar-refractivity contribution in [3.63, 3.8) is 0 Å². The van der Waals surface area contributed by atoms with Crippen molar-refractivity contribution >= 4 is 0 Å². The lowest BCUT2D eigenvalue weighted by Gasteiger charge is -2.24. The normalized spacial score (nSPS) is 23.1. The molecule has 0 spiro atoms. The maximum atomic E-state index is 5.93. The third-order valence-electron chi connectivity index (χ3n) is 5.01. The number of hydrogen-bond acceptors (Lipinski definition) is 5. The SMILES string of the molecule is CC(CCc1ccc2c(c1)OCO2)N[C@H]1CCO[C@@H]1c1nccn1C. The van der Waals surface area contributed by atoms with Gasteiger partial charge in [-0.3, -0.25) is 0 Å². The predicted octanol–water partition coefficient (Wildman–Crippen LogP) is 2.59. The van der Waals surface area contributed by atoms with Crippen molar-refractivity contribution < 1.29 is 14.2 Å². The van der Waals surface area contributed by atoms with Gasteiger partial charge in [-0.05, 0) is 43.9 Å². The largest absolute Gasteiger partial charge is 0.454 e. The minimum atomic E-state index is 0.0352. The third-order valence-corrected chi connectivity index (χ3v) is 5.01. The van der Waals surface area contributed by atoms with E-state index in [1.54, 1.807) is 0 Å². The van der Waals surface area contributed by atoms with Gasteiger partial charge in [0, 0.05) is 38.1 Å². The van der Waals surface area contributed by atoms with E-state index in [1.165, 1.54) is 5.56 Å². The Balaban J connectivity index is 1.32. The van der Waals surface area contributed by atoms with E-state index in [2.05, 4.69) is 29.4 Å². The zero-order valence-electron chi connectivity index (χ0n) is 14.8. The first kappa shape index (κ1) is 16.4. The van der Waals surface area contributed by atoms with Crippen LogP contribution in [-0.2, 0) is 18.2 Å². The van der Waals surface area contributed by atoms with Gasteiger partial charge in [-0.1, -0.05) is 6.07 Å². The molecule has 0 saturated carbocycles. The molecule has 4 rings (SSSR count). The van der Waals surface area contributed by atoms with Crippen LogP contribution in [0.2, 0.25) is 0 Å². The molecule has 6 heteroatoms. The molecule has 0 aliphatic carbocycles. The second kappa shape index (κ2) is 7.06. The molecule has 0 amide bonds.